The van der Waals surface area contributed by atoms with Crippen molar-refractivity contribution in [3.8, 4) is 0 Å². The van der Waals surface area contributed by atoms with Crippen LogP contribution < -0.4 is 5.73 Å². The van der Waals surface area contributed by atoms with Gasteiger partial charge in [-0.2, -0.15) is 5.10 Å². The first-order valence-corrected chi connectivity index (χ1v) is 4.51. The number of carbonyl (C=O) groups is 1. The average molecular weight is 197 g/mol. The van der Waals surface area contributed by atoms with Crippen molar-refractivity contribution in [3.63, 3.8) is 0 Å². The number of hydrogen-bond donors (Lipinski definition) is 3. The van der Waals surface area contributed by atoms with Crippen LogP contribution >= 0.6 is 0 Å². The summed E-state index contributed by atoms with van der Waals surface area (Å²) in [6.45, 7) is 3.72. The maximum atomic E-state index is 10.7. The number of nitrogens with two attached hydrogens (primary N) is 1. The van der Waals surface area contributed by atoms with Gasteiger partial charge in [0.2, 0.25) is 0 Å². The highest BCUT2D eigenvalue weighted by atomic mass is 16.4. The molecule has 0 aliphatic rings. The number of carboxylic acids is 1. The molecule has 4 N–H and O–H groups in total. The van der Waals surface area contributed by atoms with E-state index >= 15 is 0 Å². The summed E-state index contributed by atoms with van der Waals surface area (Å²) >= 11 is 0. The van der Waals surface area contributed by atoms with E-state index < -0.39 is 11.5 Å². The van der Waals surface area contributed by atoms with Crippen molar-refractivity contribution in [2.75, 3.05) is 0 Å². The van der Waals surface area contributed by atoms with E-state index in [2.05, 4.69) is 10.2 Å². The minimum Gasteiger partial charge on any atom is -0.481 e. The Morgan fingerprint density at radius 1 is 1.79 bits per heavy atom. The minimum atomic E-state index is -0.906. The molecule has 5 heteroatoms. The van der Waals surface area contributed by atoms with E-state index in [1.165, 1.54) is 0 Å². The first-order valence-electron chi connectivity index (χ1n) is 4.51. The lowest BCUT2D eigenvalue weighted by Gasteiger charge is -2.24. The molecule has 1 aromatic heterocycles. The quantitative estimate of drug-likeness (QED) is 0.664. The highest BCUT2D eigenvalue weighted by Gasteiger charge is 2.31. The van der Waals surface area contributed by atoms with Crippen LogP contribution in [0.5, 0.6) is 0 Å². The van der Waals surface area contributed by atoms with Crippen LogP contribution in [0, 0.1) is 6.92 Å². The number of aryl methyl sites for hydroxylation is 1. The Kier molecular flexibility index (Phi) is 2.90. The molecule has 0 spiro atoms. The van der Waals surface area contributed by atoms with Crippen molar-refractivity contribution in [1.82, 2.24) is 10.2 Å². The SMILES string of the molecule is CC[C@](N)(CC(=O)O)c1n[nH]cc1C. The zero-order chi connectivity index (χ0) is 10.8. The summed E-state index contributed by atoms with van der Waals surface area (Å²) in [6.07, 6.45) is 2.16. The number of nitrogens with zero attached hydrogens (tertiary/aromatic N) is 1. The van der Waals surface area contributed by atoms with Crippen LogP contribution in [0.15, 0.2) is 6.20 Å². The Balaban J connectivity index is 3.01. The molecule has 1 aromatic rings. The largest absolute Gasteiger partial charge is 0.481 e. The van der Waals surface area contributed by atoms with Gasteiger partial charge in [0.05, 0.1) is 17.7 Å². The molecule has 78 valence electrons. The van der Waals surface area contributed by atoms with Crippen molar-refractivity contribution < 1.29 is 9.90 Å². The molecular formula is C9H15N3O2. The van der Waals surface area contributed by atoms with E-state index in [0.717, 1.165) is 5.56 Å². The Morgan fingerprint density at radius 3 is 2.79 bits per heavy atom. The lowest BCUT2D eigenvalue weighted by molar-refractivity contribution is -0.138. The van der Waals surface area contributed by atoms with Crippen molar-refractivity contribution in [1.29, 1.82) is 0 Å². The highest BCUT2D eigenvalue weighted by Crippen LogP contribution is 2.26. The van der Waals surface area contributed by atoms with Gasteiger partial charge in [-0.25, -0.2) is 0 Å². The van der Waals surface area contributed by atoms with Crippen molar-refractivity contribution in [2.24, 2.45) is 5.73 Å². The van der Waals surface area contributed by atoms with Gasteiger partial charge >= 0.3 is 5.97 Å². The Morgan fingerprint density at radius 2 is 2.43 bits per heavy atom. The Bertz CT molecular complexity index is 335. The van der Waals surface area contributed by atoms with Crippen molar-refractivity contribution in [2.45, 2.75) is 32.2 Å². The first-order chi connectivity index (χ1) is 6.49. The van der Waals surface area contributed by atoms with Crippen LogP contribution in [0.4, 0.5) is 0 Å². The molecule has 0 aromatic carbocycles. The molecule has 0 amide bonds. The molecule has 0 saturated heterocycles. The first kappa shape index (κ1) is 10.7. The summed E-state index contributed by atoms with van der Waals surface area (Å²) in [7, 11) is 0. The van der Waals surface area contributed by atoms with Crippen LogP contribution in [0.2, 0.25) is 0 Å². The van der Waals surface area contributed by atoms with Gasteiger partial charge in [0.1, 0.15) is 0 Å². The molecule has 0 fully saturated rings. The van der Waals surface area contributed by atoms with Gasteiger partial charge in [0, 0.05) is 6.20 Å². The molecule has 0 radical (unpaired) electrons. The second-order valence-corrected chi connectivity index (χ2v) is 3.50. The molecule has 1 atom stereocenters. The van der Waals surface area contributed by atoms with Gasteiger partial charge in [-0.05, 0) is 18.9 Å². The molecule has 0 aliphatic carbocycles. The summed E-state index contributed by atoms with van der Waals surface area (Å²) in [5, 5.41) is 15.4. The summed E-state index contributed by atoms with van der Waals surface area (Å²) < 4.78 is 0. The maximum absolute atomic E-state index is 10.7. The van der Waals surface area contributed by atoms with Crippen molar-refractivity contribution in [3.05, 3.63) is 17.5 Å². The summed E-state index contributed by atoms with van der Waals surface area (Å²) in [5.41, 5.74) is 6.68. The predicted octanol–water partition coefficient (Wildman–Crippen LogP) is 0.757. The number of aromatic amines is 1. The number of H-pyrrole nitrogens is 1. The van der Waals surface area contributed by atoms with Crippen molar-refractivity contribution >= 4 is 5.97 Å². The zero-order valence-corrected chi connectivity index (χ0v) is 8.37. The third kappa shape index (κ3) is 1.93. The third-order valence-electron chi connectivity index (χ3n) is 2.40. The summed E-state index contributed by atoms with van der Waals surface area (Å²) in [4.78, 5) is 10.7. The fourth-order valence-corrected chi connectivity index (χ4v) is 1.50. The van der Waals surface area contributed by atoms with Crippen LogP contribution in [0.25, 0.3) is 0 Å². The fraction of sp³-hybridized carbons (Fsp3) is 0.556. The molecule has 1 rings (SSSR count). The van der Waals surface area contributed by atoms with Gasteiger partial charge < -0.3 is 10.8 Å². The number of aromatic nitrogens is 2. The van der Waals surface area contributed by atoms with Gasteiger partial charge in [0.15, 0.2) is 0 Å². The average Bonchev–Trinajstić information content (AvgIpc) is 2.50. The summed E-state index contributed by atoms with van der Waals surface area (Å²) in [5.74, 6) is -0.906. The van der Waals surface area contributed by atoms with Crippen LogP contribution in [-0.4, -0.2) is 21.3 Å². The van der Waals surface area contributed by atoms with Crippen LogP contribution in [-0.2, 0) is 10.3 Å². The molecule has 1 heterocycles. The van der Waals surface area contributed by atoms with Gasteiger partial charge in [-0.3, -0.25) is 9.89 Å². The number of nitrogens with one attached hydrogen (secondary N) is 1. The summed E-state index contributed by atoms with van der Waals surface area (Å²) in [6, 6.07) is 0. The molecule has 0 aliphatic heterocycles. The molecule has 14 heavy (non-hydrogen) atoms. The second-order valence-electron chi connectivity index (χ2n) is 3.50. The van der Waals surface area contributed by atoms with E-state index in [-0.39, 0.29) is 6.42 Å². The highest BCUT2D eigenvalue weighted by molar-refractivity contribution is 5.68. The van der Waals surface area contributed by atoms with Gasteiger partial charge in [0.25, 0.3) is 0 Å². The molecule has 0 unspecified atom stereocenters. The smallest absolute Gasteiger partial charge is 0.305 e. The Labute approximate surface area is 82.3 Å². The van der Waals surface area contributed by atoms with Crippen LogP contribution in [0.1, 0.15) is 31.0 Å². The van der Waals surface area contributed by atoms with E-state index in [0.29, 0.717) is 12.1 Å². The van der Waals surface area contributed by atoms with Gasteiger partial charge in [-0.15, -0.1) is 0 Å². The molecule has 0 bridgehead atoms. The molecule has 0 saturated carbocycles. The van der Waals surface area contributed by atoms with Crippen LogP contribution in [0.3, 0.4) is 0 Å². The third-order valence-corrected chi connectivity index (χ3v) is 2.40. The molecule has 5 nitrogen and oxygen atoms in total. The number of aliphatic carboxylic acids is 1. The zero-order valence-electron chi connectivity index (χ0n) is 8.37. The van der Waals surface area contributed by atoms with E-state index in [1.807, 2.05) is 13.8 Å². The standard InChI is InChI=1S/C9H15N3O2/c1-3-9(10,4-7(13)14)8-6(2)5-11-12-8/h5H,3-4,10H2,1-2H3,(H,11,12)(H,13,14)/t9-/m0/s1. The molecular weight excluding hydrogens is 182 g/mol. The Hall–Kier alpha value is -1.36. The van der Waals surface area contributed by atoms with E-state index in [4.69, 9.17) is 10.8 Å². The number of hydrogen-bond acceptors (Lipinski definition) is 3. The number of carboxylic acid groups (broad SMARTS) is 1. The monoisotopic (exact) mass is 197 g/mol. The number of rotatable bonds is 4. The lowest BCUT2D eigenvalue weighted by atomic mass is 9.88. The lowest BCUT2D eigenvalue weighted by Crippen LogP contribution is -2.39. The normalized spacial score (nSPS) is 15.1. The minimum absolute atomic E-state index is 0.102. The van der Waals surface area contributed by atoms with E-state index in [9.17, 15) is 4.79 Å². The predicted molar refractivity (Wildman–Crippen MR) is 51.7 cm³/mol. The topological polar surface area (TPSA) is 92.0 Å². The van der Waals surface area contributed by atoms with Gasteiger partial charge in [-0.1, -0.05) is 6.92 Å². The van der Waals surface area contributed by atoms with E-state index in [1.54, 1.807) is 6.20 Å². The maximum Gasteiger partial charge on any atom is 0.305 e. The fourth-order valence-electron chi connectivity index (χ4n) is 1.50. The second kappa shape index (κ2) is 3.79.